The monoisotopic (exact) mass is 292 g/mol. The van der Waals surface area contributed by atoms with Crippen LogP contribution >= 0.6 is 0 Å². The largest absolute Gasteiger partial charge is 0.480 e. The lowest BCUT2D eigenvalue weighted by molar-refractivity contribution is -0.161. The van der Waals surface area contributed by atoms with Crippen molar-refractivity contribution in [2.75, 3.05) is 6.61 Å². The lowest BCUT2D eigenvalue weighted by Crippen LogP contribution is -2.44. The van der Waals surface area contributed by atoms with Crippen molar-refractivity contribution in [1.29, 1.82) is 0 Å². The predicted octanol–water partition coefficient (Wildman–Crippen LogP) is 3.18. The first-order valence-electron chi connectivity index (χ1n) is 7.38. The van der Waals surface area contributed by atoms with Crippen molar-refractivity contribution >= 4 is 11.9 Å². The smallest absolute Gasteiger partial charge is 0.328 e. The number of benzene rings is 1. The van der Waals surface area contributed by atoms with Crippen LogP contribution in [0.1, 0.15) is 45.2 Å². The minimum atomic E-state index is -1.62. The summed E-state index contributed by atoms with van der Waals surface area (Å²) >= 11 is 0. The summed E-state index contributed by atoms with van der Waals surface area (Å²) < 4.78 is 4.99. The Hall–Kier alpha value is -1.84. The Balaban J connectivity index is 3.21. The molecule has 1 rings (SSSR count). The van der Waals surface area contributed by atoms with Crippen LogP contribution in [0, 0.1) is 5.92 Å². The lowest BCUT2D eigenvalue weighted by Gasteiger charge is -2.26. The molecular weight excluding hydrogens is 268 g/mol. The van der Waals surface area contributed by atoms with Crippen LogP contribution in [0.2, 0.25) is 0 Å². The highest BCUT2D eigenvalue weighted by atomic mass is 16.5. The second-order valence-electron chi connectivity index (χ2n) is 5.58. The molecular formula is C17H24O4. The first-order valence-corrected chi connectivity index (χ1v) is 7.38. The molecule has 0 radical (unpaired) electrons. The Morgan fingerprint density at radius 1 is 1.19 bits per heavy atom. The fraction of sp³-hybridized carbons (Fsp3) is 0.529. The molecule has 116 valence electrons. The zero-order chi connectivity index (χ0) is 16.0. The summed E-state index contributed by atoms with van der Waals surface area (Å²) in [6.07, 6.45) is 1.08. The van der Waals surface area contributed by atoms with E-state index >= 15 is 0 Å². The molecule has 21 heavy (non-hydrogen) atoms. The number of esters is 1. The molecule has 0 aliphatic carbocycles. The van der Waals surface area contributed by atoms with Crippen LogP contribution in [0.3, 0.4) is 0 Å². The van der Waals surface area contributed by atoms with Gasteiger partial charge < -0.3 is 9.84 Å². The molecule has 0 aliphatic heterocycles. The normalized spacial score (nSPS) is 13.8. The summed E-state index contributed by atoms with van der Waals surface area (Å²) in [5.41, 5.74) is -0.0108. The zero-order valence-corrected chi connectivity index (χ0v) is 13.2. The van der Waals surface area contributed by atoms with Gasteiger partial charge in [-0.15, -0.1) is 0 Å². The Morgan fingerprint density at radius 3 is 2.14 bits per heavy atom. The van der Waals surface area contributed by atoms with Gasteiger partial charge in [-0.25, -0.2) is 0 Å². The number of carboxylic acid groups (broad SMARTS) is 1. The molecule has 0 aromatic heterocycles. The van der Waals surface area contributed by atoms with E-state index in [1.807, 2.05) is 12.1 Å². The van der Waals surface area contributed by atoms with Crippen LogP contribution in [0.4, 0.5) is 0 Å². The Bertz CT molecular complexity index is 490. The van der Waals surface area contributed by atoms with Crippen molar-refractivity contribution < 1.29 is 19.4 Å². The maximum Gasteiger partial charge on any atom is 0.328 e. The first-order chi connectivity index (χ1) is 9.88. The van der Waals surface area contributed by atoms with Gasteiger partial charge in [0.25, 0.3) is 0 Å². The van der Waals surface area contributed by atoms with Gasteiger partial charge in [0.15, 0.2) is 5.41 Å². The third kappa shape index (κ3) is 3.63. The summed E-state index contributed by atoms with van der Waals surface area (Å²) in [6.45, 7) is 7.78. The zero-order valence-electron chi connectivity index (χ0n) is 13.2. The molecule has 1 aromatic rings. The topological polar surface area (TPSA) is 63.6 Å². The van der Waals surface area contributed by atoms with Gasteiger partial charge in [0, 0.05) is 0 Å². The standard InChI is InChI=1S/C17H24O4/c1-5-17(15(18)19,16(20)21-6-2)14-9-7-13(8-10-14)11-12(3)4/h7-10,12H,5-6,11H2,1-4H3,(H,18,19). The van der Waals surface area contributed by atoms with E-state index in [-0.39, 0.29) is 13.0 Å². The van der Waals surface area contributed by atoms with E-state index in [4.69, 9.17) is 4.74 Å². The molecule has 1 atom stereocenters. The molecule has 0 aliphatic rings. The lowest BCUT2D eigenvalue weighted by atomic mass is 9.77. The summed E-state index contributed by atoms with van der Waals surface area (Å²) in [4.78, 5) is 23.9. The Morgan fingerprint density at radius 2 is 1.76 bits per heavy atom. The minimum Gasteiger partial charge on any atom is -0.480 e. The van der Waals surface area contributed by atoms with Crippen molar-refractivity contribution in [3.63, 3.8) is 0 Å². The van der Waals surface area contributed by atoms with Crippen molar-refractivity contribution in [1.82, 2.24) is 0 Å². The Kier molecular flexibility index (Phi) is 5.94. The van der Waals surface area contributed by atoms with Gasteiger partial charge in [-0.2, -0.15) is 0 Å². The maximum absolute atomic E-state index is 12.2. The van der Waals surface area contributed by atoms with Gasteiger partial charge in [-0.05, 0) is 36.8 Å². The summed E-state index contributed by atoms with van der Waals surface area (Å²) in [5, 5.41) is 9.59. The second-order valence-corrected chi connectivity index (χ2v) is 5.58. The van der Waals surface area contributed by atoms with E-state index < -0.39 is 17.4 Å². The van der Waals surface area contributed by atoms with Gasteiger partial charge in [-0.3, -0.25) is 9.59 Å². The van der Waals surface area contributed by atoms with Crippen LogP contribution in [0.15, 0.2) is 24.3 Å². The van der Waals surface area contributed by atoms with Gasteiger partial charge >= 0.3 is 11.9 Å². The highest BCUT2D eigenvalue weighted by Crippen LogP contribution is 2.31. The van der Waals surface area contributed by atoms with E-state index in [1.165, 1.54) is 0 Å². The molecule has 1 aromatic carbocycles. The second kappa shape index (κ2) is 7.25. The van der Waals surface area contributed by atoms with E-state index in [0.29, 0.717) is 11.5 Å². The van der Waals surface area contributed by atoms with Crippen molar-refractivity contribution in [2.45, 2.75) is 46.0 Å². The van der Waals surface area contributed by atoms with Crippen LogP contribution < -0.4 is 0 Å². The van der Waals surface area contributed by atoms with Crippen LogP contribution in [0.25, 0.3) is 0 Å². The van der Waals surface area contributed by atoms with Crippen LogP contribution in [-0.4, -0.2) is 23.7 Å². The number of hydrogen-bond acceptors (Lipinski definition) is 3. The van der Waals surface area contributed by atoms with Gasteiger partial charge in [-0.1, -0.05) is 45.0 Å². The fourth-order valence-electron chi connectivity index (χ4n) is 2.48. The maximum atomic E-state index is 12.2. The molecule has 0 spiro atoms. The van der Waals surface area contributed by atoms with Crippen LogP contribution in [-0.2, 0) is 26.2 Å². The fourth-order valence-corrected chi connectivity index (χ4v) is 2.48. The van der Waals surface area contributed by atoms with Crippen molar-refractivity contribution in [3.05, 3.63) is 35.4 Å². The molecule has 4 nitrogen and oxygen atoms in total. The van der Waals surface area contributed by atoms with E-state index in [1.54, 1.807) is 26.0 Å². The summed E-state index contributed by atoms with van der Waals surface area (Å²) in [6, 6.07) is 7.24. The SMILES string of the molecule is CCOC(=O)C(CC)(C(=O)O)c1ccc(CC(C)C)cc1. The molecule has 4 heteroatoms. The molecule has 0 bridgehead atoms. The first kappa shape index (κ1) is 17.2. The quantitative estimate of drug-likeness (QED) is 0.619. The van der Waals surface area contributed by atoms with Crippen molar-refractivity contribution in [2.24, 2.45) is 5.92 Å². The van der Waals surface area contributed by atoms with E-state index in [9.17, 15) is 14.7 Å². The van der Waals surface area contributed by atoms with Gasteiger partial charge in [0.2, 0.25) is 0 Å². The third-order valence-electron chi connectivity index (χ3n) is 3.61. The highest BCUT2D eigenvalue weighted by Gasteiger charge is 2.47. The molecule has 0 saturated heterocycles. The summed E-state index contributed by atoms with van der Waals surface area (Å²) in [7, 11) is 0. The number of hydrogen-bond donors (Lipinski definition) is 1. The Labute approximate surface area is 126 Å². The number of ether oxygens (including phenoxy) is 1. The molecule has 0 fully saturated rings. The van der Waals surface area contributed by atoms with Gasteiger partial charge in [0.1, 0.15) is 0 Å². The molecule has 0 amide bonds. The molecule has 1 unspecified atom stereocenters. The number of carboxylic acids is 1. The van der Waals surface area contributed by atoms with Crippen molar-refractivity contribution in [3.8, 4) is 0 Å². The minimum absolute atomic E-state index is 0.157. The van der Waals surface area contributed by atoms with Gasteiger partial charge in [0.05, 0.1) is 6.61 Å². The number of aliphatic carboxylic acids is 1. The average molecular weight is 292 g/mol. The molecule has 0 saturated carbocycles. The highest BCUT2D eigenvalue weighted by molar-refractivity contribution is 6.05. The predicted molar refractivity (Wildman–Crippen MR) is 81.2 cm³/mol. The number of rotatable bonds is 7. The summed E-state index contributed by atoms with van der Waals surface area (Å²) in [5.74, 6) is -1.34. The number of carbonyl (C=O) groups is 2. The van der Waals surface area contributed by atoms with Crippen LogP contribution in [0.5, 0.6) is 0 Å². The number of carbonyl (C=O) groups excluding carboxylic acids is 1. The molecule has 0 heterocycles. The molecule has 1 N–H and O–H groups in total. The average Bonchev–Trinajstić information content (AvgIpc) is 2.41. The third-order valence-corrected chi connectivity index (χ3v) is 3.61. The van der Waals surface area contributed by atoms with E-state index in [2.05, 4.69) is 13.8 Å². The van der Waals surface area contributed by atoms with E-state index in [0.717, 1.165) is 12.0 Å².